The number of aromatic nitrogens is 3. The molecule has 33 heavy (non-hydrogen) atoms. The molecule has 1 atom stereocenters. The smallest absolute Gasteiger partial charge is 0.305 e. The van der Waals surface area contributed by atoms with E-state index in [1.54, 1.807) is 0 Å². The van der Waals surface area contributed by atoms with E-state index in [1.807, 2.05) is 55.6 Å². The number of hydrogen-bond acceptors (Lipinski definition) is 7. The number of ether oxygens (including phenoxy) is 2. The van der Waals surface area contributed by atoms with Crippen LogP contribution in [0.25, 0.3) is 33.7 Å². The summed E-state index contributed by atoms with van der Waals surface area (Å²) >= 11 is 0. The Bertz CT molecular complexity index is 1220. The summed E-state index contributed by atoms with van der Waals surface area (Å²) in [5, 5.41) is 9.41. The van der Waals surface area contributed by atoms with Gasteiger partial charge < -0.3 is 19.0 Å². The average Bonchev–Trinajstić information content (AvgIpc) is 3.23. The Labute approximate surface area is 191 Å². The van der Waals surface area contributed by atoms with Gasteiger partial charge in [-0.15, -0.1) is 0 Å². The van der Waals surface area contributed by atoms with Gasteiger partial charge in [-0.1, -0.05) is 43.3 Å². The molecule has 0 aliphatic carbocycles. The van der Waals surface area contributed by atoms with Gasteiger partial charge in [-0.3, -0.25) is 9.78 Å². The molecule has 1 aromatic carbocycles. The topological polar surface area (TPSA) is 108 Å². The Hall–Kier alpha value is -3.78. The van der Waals surface area contributed by atoms with Gasteiger partial charge in [0, 0.05) is 11.8 Å². The monoisotopic (exact) mass is 447 g/mol. The normalized spacial score (nSPS) is 12.1. The van der Waals surface area contributed by atoms with Crippen LogP contribution in [0.15, 0.2) is 59.4 Å². The summed E-state index contributed by atoms with van der Waals surface area (Å²) in [4.78, 5) is 24.0. The minimum atomic E-state index is -0.904. The van der Waals surface area contributed by atoms with Crippen LogP contribution >= 0.6 is 0 Å². The third-order valence-corrected chi connectivity index (χ3v) is 5.15. The number of aryl methyl sites for hydroxylation is 1. The van der Waals surface area contributed by atoms with E-state index >= 15 is 0 Å². The molecular weight excluding hydrogens is 422 g/mol. The number of nitrogens with zero attached hydrogens (tertiary/aromatic N) is 3. The molecule has 0 bridgehead atoms. The van der Waals surface area contributed by atoms with Crippen molar-refractivity contribution in [2.24, 2.45) is 0 Å². The molecule has 0 saturated carbocycles. The number of carboxylic acid groups (broad SMARTS) is 1. The lowest BCUT2D eigenvalue weighted by Gasteiger charge is -2.13. The standard InChI is InChI=1S/C25H25N3O5/c1-3-17-9-10-19(26-13-17)21-22-24(32-14-16(2)31-12-11-20(29)30)27-15-28-25(22)33-23(21)18-7-5-4-6-8-18/h4-10,13,15-16H,3,11-12,14H2,1-2H3,(H,29,30)/t16-/m0/s1. The molecule has 0 aliphatic rings. The Morgan fingerprint density at radius 2 is 1.94 bits per heavy atom. The van der Waals surface area contributed by atoms with E-state index in [0.717, 1.165) is 28.8 Å². The number of rotatable bonds is 10. The zero-order valence-electron chi connectivity index (χ0n) is 18.5. The first-order valence-corrected chi connectivity index (χ1v) is 10.8. The molecule has 0 unspecified atom stereocenters. The number of aliphatic carboxylic acids is 1. The molecule has 4 aromatic rings. The van der Waals surface area contributed by atoms with Crippen LogP contribution in [0, 0.1) is 0 Å². The highest BCUT2D eigenvalue weighted by Crippen LogP contribution is 2.42. The molecule has 1 N–H and O–H groups in total. The van der Waals surface area contributed by atoms with Crippen molar-refractivity contribution in [2.45, 2.75) is 32.8 Å². The molecule has 8 heteroatoms. The van der Waals surface area contributed by atoms with Gasteiger partial charge in [-0.05, 0) is 25.0 Å². The highest BCUT2D eigenvalue weighted by Gasteiger charge is 2.24. The summed E-state index contributed by atoms with van der Waals surface area (Å²) in [6, 6.07) is 13.8. The van der Waals surface area contributed by atoms with Gasteiger partial charge in [0.1, 0.15) is 24.1 Å². The number of carbonyl (C=O) groups is 1. The second-order valence-corrected chi connectivity index (χ2v) is 7.57. The fourth-order valence-corrected chi connectivity index (χ4v) is 3.43. The second-order valence-electron chi connectivity index (χ2n) is 7.57. The van der Waals surface area contributed by atoms with Crippen LogP contribution in [0.1, 0.15) is 25.8 Å². The highest BCUT2D eigenvalue weighted by atomic mass is 16.5. The van der Waals surface area contributed by atoms with E-state index in [4.69, 9.17) is 19.0 Å². The SMILES string of the molecule is CCc1ccc(-c2c(-c3ccccc3)oc3ncnc(OC[C@H](C)OCCC(=O)O)c23)nc1. The molecule has 0 saturated heterocycles. The molecule has 0 radical (unpaired) electrons. The zero-order chi connectivity index (χ0) is 23.2. The van der Waals surface area contributed by atoms with Crippen LogP contribution < -0.4 is 4.74 Å². The Morgan fingerprint density at radius 1 is 1.12 bits per heavy atom. The van der Waals surface area contributed by atoms with E-state index in [0.29, 0.717) is 22.7 Å². The van der Waals surface area contributed by atoms with Crippen LogP contribution in [0.3, 0.4) is 0 Å². The Balaban J connectivity index is 1.73. The third kappa shape index (κ3) is 5.18. The highest BCUT2D eigenvalue weighted by molar-refractivity contribution is 6.02. The lowest BCUT2D eigenvalue weighted by atomic mass is 10.0. The van der Waals surface area contributed by atoms with Gasteiger partial charge in [0.2, 0.25) is 11.6 Å². The first-order chi connectivity index (χ1) is 16.1. The second kappa shape index (κ2) is 10.2. The van der Waals surface area contributed by atoms with Crippen molar-refractivity contribution in [3.8, 4) is 28.5 Å². The van der Waals surface area contributed by atoms with E-state index < -0.39 is 5.97 Å². The largest absolute Gasteiger partial charge is 0.481 e. The van der Waals surface area contributed by atoms with Gasteiger partial charge in [0.15, 0.2) is 0 Å². The summed E-state index contributed by atoms with van der Waals surface area (Å²) in [5.74, 6) is 0.0909. The number of furan rings is 1. The quantitative estimate of drug-likeness (QED) is 0.370. The van der Waals surface area contributed by atoms with Crippen LogP contribution in [-0.4, -0.2) is 45.3 Å². The van der Waals surface area contributed by atoms with Crippen LogP contribution in [0.5, 0.6) is 5.88 Å². The van der Waals surface area contributed by atoms with Crippen LogP contribution in [-0.2, 0) is 16.0 Å². The van der Waals surface area contributed by atoms with Crippen molar-refractivity contribution < 1.29 is 23.8 Å². The fourth-order valence-electron chi connectivity index (χ4n) is 3.43. The maximum atomic E-state index is 10.7. The fraction of sp³-hybridized carbons (Fsp3) is 0.280. The molecule has 8 nitrogen and oxygen atoms in total. The van der Waals surface area contributed by atoms with Crippen LogP contribution in [0.2, 0.25) is 0 Å². The first kappa shape index (κ1) is 22.4. The number of pyridine rings is 1. The van der Waals surface area contributed by atoms with Gasteiger partial charge in [0.25, 0.3) is 0 Å². The third-order valence-electron chi connectivity index (χ3n) is 5.15. The van der Waals surface area contributed by atoms with E-state index in [1.165, 1.54) is 6.33 Å². The molecule has 3 aromatic heterocycles. The lowest BCUT2D eigenvalue weighted by molar-refractivity contribution is -0.138. The lowest BCUT2D eigenvalue weighted by Crippen LogP contribution is -2.20. The van der Waals surface area contributed by atoms with Gasteiger partial charge in [0.05, 0.1) is 30.4 Å². The van der Waals surface area contributed by atoms with Crippen molar-refractivity contribution in [1.29, 1.82) is 0 Å². The van der Waals surface area contributed by atoms with Gasteiger partial charge in [-0.2, -0.15) is 0 Å². The average molecular weight is 447 g/mol. The summed E-state index contributed by atoms with van der Waals surface area (Å²) in [6.45, 7) is 4.21. The molecule has 4 rings (SSSR count). The van der Waals surface area contributed by atoms with Crippen LogP contribution in [0.4, 0.5) is 0 Å². The maximum Gasteiger partial charge on any atom is 0.305 e. The van der Waals surface area contributed by atoms with Gasteiger partial charge in [-0.25, -0.2) is 9.97 Å². The number of hydrogen-bond donors (Lipinski definition) is 1. The zero-order valence-corrected chi connectivity index (χ0v) is 18.5. The first-order valence-electron chi connectivity index (χ1n) is 10.8. The summed E-state index contributed by atoms with van der Waals surface area (Å²) in [5.41, 5.74) is 3.91. The Kier molecular flexibility index (Phi) is 6.95. The minimum absolute atomic E-state index is 0.0617. The molecule has 170 valence electrons. The summed E-state index contributed by atoms with van der Waals surface area (Å²) in [6.07, 6.45) is 3.76. The Morgan fingerprint density at radius 3 is 2.64 bits per heavy atom. The van der Waals surface area contributed by atoms with E-state index in [2.05, 4.69) is 21.9 Å². The molecule has 3 heterocycles. The number of fused-ring (bicyclic) bond motifs is 1. The molecule has 0 spiro atoms. The summed E-state index contributed by atoms with van der Waals surface area (Å²) in [7, 11) is 0. The van der Waals surface area contributed by atoms with Crippen molar-refractivity contribution >= 4 is 17.1 Å². The minimum Gasteiger partial charge on any atom is -0.481 e. The predicted octanol–water partition coefficient (Wildman–Crippen LogP) is 4.77. The molecule has 0 aliphatic heterocycles. The van der Waals surface area contributed by atoms with E-state index in [-0.39, 0.29) is 25.7 Å². The molecular formula is C25H25N3O5. The maximum absolute atomic E-state index is 10.7. The summed E-state index contributed by atoms with van der Waals surface area (Å²) < 4.78 is 17.7. The van der Waals surface area contributed by atoms with Crippen molar-refractivity contribution in [3.63, 3.8) is 0 Å². The van der Waals surface area contributed by atoms with Crippen molar-refractivity contribution in [2.75, 3.05) is 13.2 Å². The number of carboxylic acids is 1. The number of benzene rings is 1. The van der Waals surface area contributed by atoms with E-state index in [9.17, 15) is 4.79 Å². The predicted molar refractivity (Wildman–Crippen MR) is 123 cm³/mol. The molecule has 0 amide bonds. The van der Waals surface area contributed by atoms with Crippen molar-refractivity contribution in [3.05, 3.63) is 60.6 Å². The van der Waals surface area contributed by atoms with Gasteiger partial charge >= 0.3 is 5.97 Å². The molecule has 0 fully saturated rings. The van der Waals surface area contributed by atoms with Crippen molar-refractivity contribution in [1.82, 2.24) is 15.0 Å².